The topological polar surface area (TPSA) is 43.4 Å². The summed E-state index contributed by atoms with van der Waals surface area (Å²) in [6, 6.07) is 5.07. The molecule has 8 heteroatoms. The highest BCUT2D eigenvalue weighted by molar-refractivity contribution is 5.46. The Bertz CT molecular complexity index is 684. The van der Waals surface area contributed by atoms with Crippen molar-refractivity contribution in [3.8, 4) is 11.5 Å². The molecule has 0 fully saturated rings. The second-order valence-electron chi connectivity index (χ2n) is 4.55. The standard InChI is InChI=1S/C15H14F4N2O2/c1-22-9-3-4-10(23-2)8(7-9)5-6-20-13-11(16)14(18)21-15(19)12(13)17/h3-4,7H,5-6H2,1-2H3,(H,20,21). The molecule has 2 aromatic rings. The zero-order valence-electron chi connectivity index (χ0n) is 12.4. The van der Waals surface area contributed by atoms with Gasteiger partial charge < -0.3 is 14.8 Å². The molecule has 0 aliphatic rings. The van der Waals surface area contributed by atoms with Crippen LogP contribution in [0.25, 0.3) is 0 Å². The fraction of sp³-hybridized carbons (Fsp3) is 0.267. The summed E-state index contributed by atoms with van der Waals surface area (Å²) in [4.78, 5) is 2.49. The number of hydrogen-bond acceptors (Lipinski definition) is 4. The van der Waals surface area contributed by atoms with E-state index in [0.29, 0.717) is 17.1 Å². The zero-order valence-corrected chi connectivity index (χ0v) is 12.4. The van der Waals surface area contributed by atoms with Gasteiger partial charge in [-0.15, -0.1) is 0 Å². The smallest absolute Gasteiger partial charge is 0.253 e. The molecule has 0 aliphatic carbocycles. The maximum absolute atomic E-state index is 13.5. The number of halogens is 4. The summed E-state index contributed by atoms with van der Waals surface area (Å²) < 4.78 is 63.3. The first-order valence-corrected chi connectivity index (χ1v) is 6.62. The Morgan fingerprint density at radius 1 is 1.00 bits per heavy atom. The van der Waals surface area contributed by atoms with Crippen LogP contribution in [0, 0.1) is 23.5 Å². The Kier molecular flexibility index (Phi) is 5.25. The molecule has 0 unspecified atom stereocenters. The van der Waals surface area contributed by atoms with Gasteiger partial charge in [-0.1, -0.05) is 0 Å². The molecule has 0 radical (unpaired) electrons. The van der Waals surface area contributed by atoms with E-state index in [4.69, 9.17) is 9.47 Å². The number of nitrogens with zero attached hydrogens (tertiary/aromatic N) is 1. The molecule has 23 heavy (non-hydrogen) atoms. The maximum atomic E-state index is 13.5. The molecule has 1 aromatic carbocycles. The highest BCUT2D eigenvalue weighted by atomic mass is 19.2. The molecule has 0 amide bonds. The average Bonchev–Trinajstić information content (AvgIpc) is 2.56. The third-order valence-corrected chi connectivity index (χ3v) is 3.18. The van der Waals surface area contributed by atoms with E-state index in [2.05, 4.69) is 10.3 Å². The van der Waals surface area contributed by atoms with Crippen molar-refractivity contribution in [3.05, 3.63) is 47.3 Å². The molecule has 0 atom stereocenters. The van der Waals surface area contributed by atoms with Gasteiger partial charge in [-0.3, -0.25) is 0 Å². The summed E-state index contributed by atoms with van der Waals surface area (Å²) in [6.07, 6.45) is 0.283. The average molecular weight is 330 g/mol. The lowest BCUT2D eigenvalue weighted by Gasteiger charge is -2.12. The number of pyridine rings is 1. The van der Waals surface area contributed by atoms with Crippen LogP contribution in [0.3, 0.4) is 0 Å². The fourth-order valence-electron chi connectivity index (χ4n) is 2.04. The van der Waals surface area contributed by atoms with Gasteiger partial charge in [-0.2, -0.15) is 22.5 Å². The molecule has 0 bridgehead atoms. The summed E-state index contributed by atoms with van der Waals surface area (Å²) >= 11 is 0. The van der Waals surface area contributed by atoms with Crippen LogP contribution < -0.4 is 14.8 Å². The lowest BCUT2D eigenvalue weighted by atomic mass is 10.1. The van der Waals surface area contributed by atoms with Gasteiger partial charge in [0.25, 0.3) is 11.9 Å². The van der Waals surface area contributed by atoms with E-state index in [1.54, 1.807) is 18.2 Å². The number of rotatable bonds is 6. The molecule has 1 heterocycles. The Hall–Kier alpha value is -2.51. The van der Waals surface area contributed by atoms with Crippen molar-refractivity contribution >= 4 is 5.69 Å². The van der Waals surface area contributed by atoms with E-state index in [1.807, 2.05) is 0 Å². The van der Waals surface area contributed by atoms with Gasteiger partial charge in [-0.05, 0) is 30.2 Å². The number of ether oxygens (including phenoxy) is 2. The Balaban J connectivity index is 2.15. The van der Waals surface area contributed by atoms with E-state index in [9.17, 15) is 17.6 Å². The van der Waals surface area contributed by atoms with Crippen LogP contribution in [-0.4, -0.2) is 25.7 Å². The number of hydrogen-bond donors (Lipinski definition) is 1. The first-order chi connectivity index (χ1) is 11.0. The van der Waals surface area contributed by atoms with Crippen molar-refractivity contribution in [1.29, 1.82) is 0 Å². The number of methoxy groups -OCH3 is 2. The Morgan fingerprint density at radius 2 is 1.65 bits per heavy atom. The largest absolute Gasteiger partial charge is 0.497 e. The lowest BCUT2D eigenvalue weighted by molar-refractivity contribution is 0.398. The van der Waals surface area contributed by atoms with Crippen LogP contribution >= 0.6 is 0 Å². The highest BCUT2D eigenvalue weighted by Crippen LogP contribution is 2.25. The lowest BCUT2D eigenvalue weighted by Crippen LogP contribution is -2.12. The van der Waals surface area contributed by atoms with Gasteiger partial charge in [0.1, 0.15) is 17.2 Å². The van der Waals surface area contributed by atoms with Crippen molar-refractivity contribution in [2.24, 2.45) is 0 Å². The SMILES string of the molecule is COc1ccc(OC)c(CCNc2c(F)c(F)nc(F)c2F)c1. The molecule has 2 rings (SSSR count). The predicted molar refractivity (Wildman–Crippen MR) is 75.8 cm³/mol. The first kappa shape index (κ1) is 16.9. The van der Waals surface area contributed by atoms with Crippen LogP contribution in [0.2, 0.25) is 0 Å². The predicted octanol–water partition coefficient (Wildman–Crippen LogP) is 3.31. The summed E-state index contributed by atoms with van der Waals surface area (Å²) in [6.45, 7) is 0.0141. The molecule has 0 saturated heterocycles. The first-order valence-electron chi connectivity index (χ1n) is 6.62. The van der Waals surface area contributed by atoms with Crippen LogP contribution in [0.15, 0.2) is 18.2 Å². The van der Waals surface area contributed by atoms with Crippen LogP contribution in [0.4, 0.5) is 23.2 Å². The number of benzene rings is 1. The second kappa shape index (κ2) is 7.17. The quantitative estimate of drug-likeness (QED) is 0.652. The minimum Gasteiger partial charge on any atom is -0.497 e. The highest BCUT2D eigenvalue weighted by Gasteiger charge is 2.20. The van der Waals surface area contributed by atoms with E-state index in [1.165, 1.54) is 14.2 Å². The van der Waals surface area contributed by atoms with Crippen LogP contribution in [-0.2, 0) is 6.42 Å². The van der Waals surface area contributed by atoms with Gasteiger partial charge >= 0.3 is 0 Å². The fourth-order valence-corrected chi connectivity index (χ4v) is 2.04. The van der Waals surface area contributed by atoms with Gasteiger partial charge in [0, 0.05) is 6.54 Å². The third-order valence-electron chi connectivity index (χ3n) is 3.18. The molecule has 0 spiro atoms. The van der Waals surface area contributed by atoms with Gasteiger partial charge in [-0.25, -0.2) is 0 Å². The molecule has 0 saturated carbocycles. The molecule has 1 aromatic heterocycles. The summed E-state index contributed by atoms with van der Waals surface area (Å²) in [7, 11) is 2.98. The van der Waals surface area contributed by atoms with Crippen molar-refractivity contribution in [2.45, 2.75) is 6.42 Å². The van der Waals surface area contributed by atoms with Crippen molar-refractivity contribution in [2.75, 3.05) is 26.1 Å². The van der Waals surface area contributed by atoms with Crippen molar-refractivity contribution in [3.63, 3.8) is 0 Å². The van der Waals surface area contributed by atoms with Crippen molar-refractivity contribution in [1.82, 2.24) is 4.98 Å². The molecule has 1 N–H and O–H groups in total. The van der Waals surface area contributed by atoms with E-state index in [0.717, 1.165) is 0 Å². The number of anilines is 1. The van der Waals surface area contributed by atoms with Gasteiger partial charge in [0.15, 0.2) is 0 Å². The summed E-state index contributed by atoms with van der Waals surface area (Å²) in [5.41, 5.74) is -0.188. The molecular weight excluding hydrogens is 316 g/mol. The van der Waals surface area contributed by atoms with Gasteiger partial charge in [0.2, 0.25) is 11.6 Å². The van der Waals surface area contributed by atoms with Crippen molar-refractivity contribution < 1.29 is 27.0 Å². The monoisotopic (exact) mass is 330 g/mol. The molecule has 0 aliphatic heterocycles. The number of nitrogens with one attached hydrogen (secondary N) is 1. The zero-order chi connectivity index (χ0) is 17.0. The maximum Gasteiger partial charge on any atom is 0.253 e. The minimum atomic E-state index is -1.70. The molecule has 4 nitrogen and oxygen atoms in total. The molecular formula is C15H14F4N2O2. The normalized spacial score (nSPS) is 10.5. The van der Waals surface area contributed by atoms with Crippen LogP contribution in [0.1, 0.15) is 5.56 Å². The van der Waals surface area contributed by atoms with E-state index < -0.39 is 29.2 Å². The van der Waals surface area contributed by atoms with Crippen LogP contribution in [0.5, 0.6) is 11.5 Å². The Labute approximate surface area is 130 Å². The summed E-state index contributed by atoms with van der Waals surface area (Å²) in [5, 5.41) is 2.33. The molecule has 124 valence electrons. The van der Waals surface area contributed by atoms with E-state index in [-0.39, 0.29) is 13.0 Å². The third kappa shape index (κ3) is 3.64. The Morgan fingerprint density at radius 3 is 2.22 bits per heavy atom. The second-order valence-corrected chi connectivity index (χ2v) is 4.55. The van der Waals surface area contributed by atoms with E-state index >= 15 is 0 Å². The number of aromatic nitrogens is 1. The van der Waals surface area contributed by atoms with Gasteiger partial charge in [0.05, 0.1) is 14.2 Å². The summed E-state index contributed by atoms with van der Waals surface area (Å²) in [5.74, 6) is -5.40. The minimum absolute atomic E-state index is 0.0141.